The molecule has 0 aromatic carbocycles. The van der Waals surface area contributed by atoms with Gasteiger partial charge in [-0.05, 0) is 6.92 Å². The van der Waals surface area contributed by atoms with E-state index >= 15 is 0 Å². The molecule has 0 unspecified atom stereocenters. The molecule has 0 bridgehead atoms. The average molecular weight is 263 g/mol. The van der Waals surface area contributed by atoms with Gasteiger partial charge in [0.2, 0.25) is 15.8 Å². The van der Waals surface area contributed by atoms with Gasteiger partial charge in [0.25, 0.3) is 0 Å². The van der Waals surface area contributed by atoms with E-state index in [4.69, 9.17) is 14.6 Å². The van der Waals surface area contributed by atoms with Gasteiger partial charge in [-0.3, -0.25) is 0 Å². The number of aliphatic hydroxyl groups excluding tert-OH is 1. The number of carboxylic acids is 1. The van der Waals surface area contributed by atoms with Crippen molar-refractivity contribution in [1.29, 1.82) is 0 Å². The molecule has 0 aliphatic carbocycles. The summed E-state index contributed by atoms with van der Waals surface area (Å²) in [5.74, 6) is -1.76. The number of aromatic carboxylic acids is 1. The van der Waals surface area contributed by atoms with Gasteiger partial charge in [0, 0.05) is 19.7 Å². The molecule has 1 aromatic rings. The first-order valence-corrected chi connectivity index (χ1v) is 6.15. The molecule has 0 atom stereocenters. The summed E-state index contributed by atoms with van der Waals surface area (Å²) in [6.45, 7) is 0.972. The summed E-state index contributed by atoms with van der Waals surface area (Å²) in [4.78, 5) is 10.4. The van der Waals surface area contributed by atoms with Crippen molar-refractivity contribution in [3.8, 4) is 0 Å². The number of carboxylic acid groups (broad SMARTS) is 1. The molecule has 1 heterocycles. The van der Waals surface area contributed by atoms with Crippen molar-refractivity contribution in [2.75, 3.05) is 20.2 Å². The van der Waals surface area contributed by atoms with Crippen molar-refractivity contribution >= 4 is 16.0 Å². The van der Waals surface area contributed by atoms with E-state index < -0.39 is 21.8 Å². The third-order valence-corrected chi connectivity index (χ3v) is 4.15. The summed E-state index contributed by atoms with van der Waals surface area (Å²) in [6.07, 6.45) is 0. The van der Waals surface area contributed by atoms with E-state index in [0.29, 0.717) is 0 Å². The summed E-state index contributed by atoms with van der Waals surface area (Å²) in [6, 6.07) is 0.959. The van der Waals surface area contributed by atoms with E-state index in [1.807, 2.05) is 0 Å². The zero-order chi connectivity index (χ0) is 13.2. The van der Waals surface area contributed by atoms with Crippen LogP contribution in [0.2, 0.25) is 0 Å². The summed E-state index contributed by atoms with van der Waals surface area (Å²) in [7, 11) is -2.54. The first-order chi connectivity index (χ1) is 7.80. The number of hydrogen-bond donors (Lipinski definition) is 2. The highest BCUT2D eigenvalue weighted by molar-refractivity contribution is 7.89. The molecule has 96 valence electrons. The minimum atomic E-state index is -3.83. The zero-order valence-electron chi connectivity index (χ0n) is 9.37. The Labute approximate surface area is 98.3 Å². The largest absolute Gasteiger partial charge is 0.475 e. The molecule has 0 saturated heterocycles. The highest BCUT2D eigenvalue weighted by Gasteiger charge is 2.27. The Morgan fingerprint density at radius 1 is 1.53 bits per heavy atom. The van der Waals surface area contributed by atoms with Crippen LogP contribution in [-0.4, -0.2) is 49.1 Å². The summed E-state index contributed by atoms with van der Waals surface area (Å²) >= 11 is 0. The maximum Gasteiger partial charge on any atom is 0.371 e. The van der Waals surface area contributed by atoms with Crippen LogP contribution in [0.25, 0.3) is 0 Å². The van der Waals surface area contributed by atoms with Crippen LogP contribution in [0, 0.1) is 6.92 Å². The van der Waals surface area contributed by atoms with E-state index in [1.54, 1.807) is 0 Å². The lowest BCUT2D eigenvalue weighted by Gasteiger charge is -2.14. The number of aliphatic hydroxyl groups is 1. The molecule has 0 amide bonds. The maximum absolute atomic E-state index is 11.9. The first kappa shape index (κ1) is 13.7. The number of hydrogen-bond acceptors (Lipinski definition) is 5. The van der Waals surface area contributed by atoms with Crippen LogP contribution in [0.15, 0.2) is 15.4 Å². The summed E-state index contributed by atoms with van der Waals surface area (Å²) in [5, 5.41) is 17.4. The van der Waals surface area contributed by atoms with E-state index in [0.717, 1.165) is 10.4 Å². The van der Waals surface area contributed by atoms with Gasteiger partial charge >= 0.3 is 5.97 Å². The van der Waals surface area contributed by atoms with Crippen LogP contribution in [-0.2, 0) is 10.0 Å². The lowest BCUT2D eigenvalue weighted by molar-refractivity contribution is 0.0661. The normalized spacial score (nSPS) is 12.0. The van der Waals surface area contributed by atoms with Crippen molar-refractivity contribution in [3.63, 3.8) is 0 Å². The van der Waals surface area contributed by atoms with Gasteiger partial charge in [-0.25, -0.2) is 13.2 Å². The molecule has 2 N–H and O–H groups in total. The minimum Gasteiger partial charge on any atom is -0.475 e. The quantitative estimate of drug-likeness (QED) is 0.768. The van der Waals surface area contributed by atoms with Crippen molar-refractivity contribution in [2.45, 2.75) is 11.8 Å². The average Bonchev–Trinajstić information content (AvgIpc) is 2.61. The number of rotatable bonds is 5. The van der Waals surface area contributed by atoms with Crippen molar-refractivity contribution < 1.29 is 27.8 Å². The van der Waals surface area contributed by atoms with E-state index in [2.05, 4.69) is 0 Å². The second-order valence-electron chi connectivity index (χ2n) is 3.39. The summed E-state index contributed by atoms with van der Waals surface area (Å²) < 4.78 is 29.6. The Hall–Kier alpha value is -1.38. The topological polar surface area (TPSA) is 108 Å². The second kappa shape index (κ2) is 4.86. The van der Waals surface area contributed by atoms with Crippen LogP contribution in [0.1, 0.15) is 16.3 Å². The van der Waals surface area contributed by atoms with Crippen LogP contribution in [0.3, 0.4) is 0 Å². The number of likely N-dealkylation sites (N-methyl/N-ethyl adjacent to an activating group) is 1. The van der Waals surface area contributed by atoms with Crippen LogP contribution < -0.4 is 0 Å². The molecule has 7 nitrogen and oxygen atoms in total. The lowest BCUT2D eigenvalue weighted by Crippen LogP contribution is -2.29. The fourth-order valence-corrected chi connectivity index (χ4v) is 2.57. The number of nitrogens with zero attached hydrogens (tertiary/aromatic N) is 1. The van der Waals surface area contributed by atoms with Gasteiger partial charge in [0.15, 0.2) is 0 Å². The molecule has 1 rings (SSSR count). The highest BCUT2D eigenvalue weighted by Crippen LogP contribution is 2.22. The number of carbonyl (C=O) groups is 1. The Kier molecular flexibility index (Phi) is 3.91. The molecule has 17 heavy (non-hydrogen) atoms. The number of aryl methyl sites for hydroxylation is 1. The third kappa shape index (κ3) is 2.65. The van der Waals surface area contributed by atoms with Gasteiger partial charge < -0.3 is 14.6 Å². The van der Waals surface area contributed by atoms with E-state index in [9.17, 15) is 13.2 Å². The zero-order valence-corrected chi connectivity index (χ0v) is 10.2. The Morgan fingerprint density at radius 3 is 2.53 bits per heavy atom. The third-order valence-electron chi connectivity index (χ3n) is 2.19. The monoisotopic (exact) mass is 263 g/mol. The number of furan rings is 1. The van der Waals surface area contributed by atoms with Gasteiger partial charge in [0.05, 0.1) is 6.61 Å². The van der Waals surface area contributed by atoms with Crippen LogP contribution in [0.4, 0.5) is 0 Å². The maximum atomic E-state index is 11.9. The molecule has 8 heteroatoms. The molecular weight excluding hydrogens is 250 g/mol. The van der Waals surface area contributed by atoms with Crippen molar-refractivity contribution in [1.82, 2.24) is 4.31 Å². The van der Waals surface area contributed by atoms with Crippen molar-refractivity contribution in [2.24, 2.45) is 0 Å². The molecule has 0 saturated carbocycles. The van der Waals surface area contributed by atoms with Crippen molar-refractivity contribution in [3.05, 3.63) is 17.6 Å². The second-order valence-corrected chi connectivity index (χ2v) is 5.40. The fraction of sp³-hybridized carbons (Fsp3) is 0.444. The Bertz CT molecular complexity index is 518. The van der Waals surface area contributed by atoms with E-state index in [-0.39, 0.29) is 23.8 Å². The highest BCUT2D eigenvalue weighted by atomic mass is 32.2. The van der Waals surface area contributed by atoms with Gasteiger partial charge in [-0.15, -0.1) is 0 Å². The van der Waals surface area contributed by atoms with Gasteiger partial charge in [0.1, 0.15) is 10.7 Å². The Morgan fingerprint density at radius 2 is 2.12 bits per heavy atom. The molecule has 0 spiro atoms. The molecular formula is C9H13NO6S. The molecule has 0 aliphatic rings. The minimum absolute atomic E-state index is 0.00666. The first-order valence-electron chi connectivity index (χ1n) is 4.71. The SMILES string of the molecule is Cc1oc(C(=O)O)cc1S(=O)(=O)N(C)CCO. The summed E-state index contributed by atoms with van der Waals surface area (Å²) in [5.41, 5.74) is 0. The molecule has 1 aromatic heterocycles. The van der Waals surface area contributed by atoms with Gasteiger partial charge in [-0.2, -0.15) is 4.31 Å². The molecule has 0 aliphatic heterocycles. The number of sulfonamides is 1. The predicted molar refractivity (Wildman–Crippen MR) is 57.3 cm³/mol. The predicted octanol–water partition coefficient (Wildman–Crippen LogP) is -0.101. The van der Waals surface area contributed by atoms with Crippen LogP contribution in [0.5, 0.6) is 0 Å². The molecule has 0 radical (unpaired) electrons. The fourth-order valence-electron chi connectivity index (χ4n) is 1.26. The standard InChI is InChI=1S/C9H13NO6S/c1-6-8(5-7(16-6)9(12)13)17(14,15)10(2)3-4-11/h5,11H,3-4H2,1-2H3,(H,12,13). The van der Waals surface area contributed by atoms with Gasteiger partial charge in [-0.1, -0.05) is 0 Å². The Balaban J connectivity index is 3.20. The van der Waals surface area contributed by atoms with Crippen LogP contribution >= 0.6 is 0 Å². The smallest absolute Gasteiger partial charge is 0.371 e. The van der Waals surface area contributed by atoms with E-state index in [1.165, 1.54) is 14.0 Å². The lowest BCUT2D eigenvalue weighted by atomic mass is 10.4. The molecule has 0 fully saturated rings.